The Morgan fingerprint density at radius 2 is 1.95 bits per heavy atom. The molecule has 22 heavy (non-hydrogen) atoms. The number of benzene rings is 1. The molecule has 0 saturated carbocycles. The second-order valence-electron chi connectivity index (χ2n) is 4.80. The minimum absolute atomic E-state index is 0.0668. The highest BCUT2D eigenvalue weighted by Crippen LogP contribution is 2.31. The van der Waals surface area contributed by atoms with Crippen LogP contribution >= 0.6 is 11.8 Å². The van der Waals surface area contributed by atoms with Crippen molar-refractivity contribution in [2.24, 2.45) is 0 Å². The molecule has 0 fully saturated rings. The van der Waals surface area contributed by atoms with Crippen molar-refractivity contribution >= 4 is 28.7 Å². The molecule has 0 aliphatic heterocycles. The van der Waals surface area contributed by atoms with Gasteiger partial charge in [0.2, 0.25) is 5.91 Å². The first-order valence-corrected chi connectivity index (χ1v) is 8.08. The zero-order valence-electron chi connectivity index (χ0n) is 12.8. The van der Waals surface area contributed by atoms with Gasteiger partial charge in [0.1, 0.15) is 0 Å². The van der Waals surface area contributed by atoms with E-state index in [4.69, 9.17) is 0 Å². The van der Waals surface area contributed by atoms with E-state index < -0.39 is 11.8 Å². The topological polar surface area (TPSA) is 38.1 Å². The number of carbonyl (C=O) groups excluding carboxylic acids is 1. The molecule has 1 aromatic heterocycles. The van der Waals surface area contributed by atoms with Crippen LogP contribution in [0.5, 0.6) is 0 Å². The Bertz CT molecular complexity index is 655. The van der Waals surface area contributed by atoms with Gasteiger partial charge in [-0.3, -0.25) is 9.36 Å². The number of para-hydroxylation sites is 2. The van der Waals surface area contributed by atoms with Crippen molar-refractivity contribution in [1.82, 2.24) is 14.5 Å². The number of nitrogens with zero attached hydrogens (tertiary/aromatic N) is 3. The number of amides is 1. The van der Waals surface area contributed by atoms with Crippen LogP contribution in [0, 0.1) is 0 Å². The summed E-state index contributed by atoms with van der Waals surface area (Å²) >= 11 is 1.07. The summed E-state index contributed by atoms with van der Waals surface area (Å²) in [5.74, 6) is -0.0668. The zero-order valence-corrected chi connectivity index (χ0v) is 13.6. The number of halogens is 2. The monoisotopic (exact) mass is 327 g/mol. The van der Waals surface area contributed by atoms with E-state index in [2.05, 4.69) is 4.98 Å². The number of thioether (sulfide) groups is 1. The van der Waals surface area contributed by atoms with Gasteiger partial charge in [0.25, 0.3) is 0 Å². The third kappa shape index (κ3) is 3.24. The molecule has 120 valence electrons. The van der Waals surface area contributed by atoms with Crippen LogP contribution in [0.1, 0.15) is 27.3 Å². The van der Waals surface area contributed by atoms with Crippen molar-refractivity contribution in [2.75, 3.05) is 13.1 Å². The van der Waals surface area contributed by atoms with Gasteiger partial charge in [0.15, 0.2) is 5.16 Å². The first-order chi connectivity index (χ1) is 10.5. The second-order valence-corrected chi connectivity index (χ2v) is 6.11. The summed E-state index contributed by atoms with van der Waals surface area (Å²) in [6, 6.07) is 6.75. The van der Waals surface area contributed by atoms with Crippen LogP contribution in [-0.2, 0) is 4.79 Å². The van der Waals surface area contributed by atoms with Gasteiger partial charge < -0.3 is 4.90 Å². The average molecular weight is 327 g/mol. The number of rotatable bonds is 6. The molecule has 0 aliphatic carbocycles. The number of hydrogen-bond acceptors (Lipinski definition) is 3. The number of imidazole rings is 1. The number of carbonyl (C=O) groups is 1. The van der Waals surface area contributed by atoms with Crippen LogP contribution < -0.4 is 0 Å². The maximum Gasteiger partial charge on any atom is 0.321 e. The maximum absolute atomic E-state index is 13.3. The molecule has 1 atom stereocenters. The molecule has 1 unspecified atom stereocenters. The summed E-state index contributed by atoms with van der Waals surface area (Å²) in [5, 5.41) is -0.293. The van der Waals surface area contributed by atoms with Gasteiger partial charge in [-0.1, -0.05) is 23.9 Å². The summed E-state index contributed by atoms with van der Waals surface area (Å²) < 4.78 is 27.6. The van der Waals surface area contributed by atoms with Crippen molar-refractivity contribution in [1.29, 1.82) is 0 Å². The Balaban J connectivity index is 2.31. The number of hydrogen-bond donors (Lipinski definition) is 0. The predicted molar refractivity (Wildman–Crippen MR) is 84.2 cm³/mol. The Kier molecular flexibility index (Phi) is 5.39. The lowest BCUT2D eigenvalue weighted by atomic mass is 10.3. The molecule has 1 amide bonds. The highest BCUT2D eigenvalue weighted by Gasteiger charge is 2.24. The minimum Gasteiger partial charge on any atom is -0.342 e. The van der Waals surface area contributed by atoms with E-state index in [9.17, 15) is 13.6 Å². The maximum atomic E-state index is 13.3. The van der Waals surface area contributed by atoms with E-state index in [0.717, 1.165) is 16.3 Å². The van der Waals surface area contributed by atoms with Gasteiger partial charge in [-0.25, -0.2) is 4.98 Å². The normalized spacial score (nSPS) is 12.8. The lowest BCUT2D eigenvalue weighted by Crippen LogP contribution is -2.36. The van der Waals surface area contributed by atoms with Crippen LogP contribution in [0.15, 0.2) is 29.4 Å². The van der Waals surface area contributed by atoms with E-state index in [0.29, 0.717) is 24.1 Å². The molecule has 1 heterocycles. The fourth-order valence-corrected chi connectivity index (χ4v) is 3.30. The molecule has 4 nitrogen and oxygen atoms in total. The molecule has 0 aliphatic rings. The summed E-state index contributed by atoms with van der Waals surface area (Å²) in [7, 11) is 0. The predicted octanol–water partition coefficient (Wildman–Crippen LogP) is 3.78. The van der Waals surface area contributed by atoms with Gasteiger partial charge in [0.05, 0.1) is 16.3 Å². The Morgan fingerprint density at radius 1 is 1.32 bits per heavy atom. The molecule has 0 bridgehead atoms. The first-order valence-electron chi connectivity index (χ1n) is 7.20. The van der Waals surface area contributed by atoms with Crippen molar-refractivity contribution in [3.8, 4) is 0 Å². The quantitative estimate of drug-likeness (QED) is 0.758. The molecule has 0 N–H and O–H groups in total. The van der Waals surface area contributed by atoms with E-state index >= 15 is 0 Å². The third-order valence-electron chi connectivity index (χ3n) is 3.46. The van der Waals surface area contributed by atoms with Crippen LogP contribution in [0.3, 0.4) is 0 Å². The van der Waals surface area contributed by atoms with Gasteiger partial charge in [-0.15, -0.1) is 0 Å². The molecule has 2 aromatic rings. The Labute approximate surface area is 132 Å². The average Bonchev–Trinajstić information content (AvgIpc) is 2.86. The highest BCUT2D eigenvalue weighted by atomic mass is 32.2. The Hall–Kier alpha value is -1.63. The third-order valence-corrected chi connectivity index (χ3v) is 4.52. The number of aromatic nitrogens is 2. The van der Waals surface area contributed by atoms with Crippen LogP contribution in [0.4, 0.5) is 8.78 Å². The van der Waals surface area contributed by atoms with Crippen molar-refractivity contribution in [3.05, 3.63) is 24.3 Å². The molecule has 7 heteroatoms. The molecule has 0 saturated heterocycles. The van der Waals surface area contributed by atoms with Crippen molar-refractivity contribution < 1.29 is 13.6 Å². The number of fused-ring (bicyclic) bond motifs is 1. The van der Waals surface area contributed by atoms with Crippen LogP contribution in [0.25, 0.3) is 11.0 Å². The first kappa shape index (κ1) is 16.7. The molecular formula is C15H19F2N3OS. The molecular weight excluding hydrogens is 308 g/mol. The summed E-state index contributed by atoms with van der Waals surface area (Å²) in [6.45, 7) is 4.03. The summed E-state index contributed by atoms with van der Waals surface area (Å²) in [4.78, 5) is 18.2. The SMILES string of the molecule is CCN(CC)C(=O)C(C)Sc1nc2ccccc2n1C(F)F. The van der Waals surface area contributed by atoms with Gasteiger partial charge >= 0.3 is 6.55 Å². The standard InChI is InChI=1S/C15H19F2N3OS/c1-4-19(5-2)13(21)10(3)22-15-18-11-8-6-7-9-12(11)20(15)14(16)17/h6-10,14H,4-5H2,1-3H3. The van der Waals surface area contributed by atoms with Gasteiger partial charge in [0, 0.05) is 13.1 Å². The molecule has 1 aromatic carbocycles. The molecule has 0 radical (unpaired) electrons. The molecule has 2 rings (SSSR count). The zero-order chi connectivity index (χ0) is 16.3. The van der Waals surface area contributed by atoms with Crippen molar-refractivity contribution in [3.63, 3.8) is 0 Å². The summed E-state index contributed by atoms with van der Waals surface area (Å²) in [6.07, 6.45) is 0. The second kappa shape index (κ2) is 7.09. The van der Waals surface area contributed by atoms with Gasteiger partial charge in [-0.05, 0) is 32.9 Å². The fraction of sp³-hybridized carbons (Fsp3) is 0.467. The minimum atomic E-state index is -2.69. The van der Waals surface area contributed by atoms with E-state index in [1.54, 1.807) is 36.1 Å². The lowest BCUT2D eigenvalue weighted by molar-refractivity contribution is -0.129. The summed E-state index contributed by atoms with van der Waals surface area (Å²) in [5.41, 5.74) is 0.885. The number of alkyl halides is 2. The van der Waals surface area contributed by atoms with Gasteiger partial charge in [-0.2, -0.15) is 8.78 Å². The smallest absolute Gasteiger partial charge is 0.321 e. The van der Waals surface area contributed by atoms with E-state index in [-0.39, 0.29) is 11.1 Å². The van der Waals surface area contributed by atoms with E-state index in [1.807, 2.05) is 13.8 Å². The van der Waals surface area contributed by atoms with E-state index in [1.165, 1.54) is 0 Å². The highest BCUT2D eigenvalue weighted by molar-refractivity contribution is 8.00. The Morgan fingerprint density at radius 3 is 2.55 bits per heavy atom. The van der Waals surface area contributed by atoms with Crippen LogP contribution in [-0.4, -0.2) is 38.7 Å². The largest absolute Gasteiger partial charge is 0.342 e. The fourth-order valence-electron chi connectivity index (χ4n) is 2.30. The van der Waals surface area contributed by atoms with Crippen molar-refractivity contribution in [2.45, 2.75) is 37.7 Å². The lowest BCUT2D eigenvalue weighted by Gasteiger charge is -2.22. The van der Waals surface area contributed by atoms with Crippen LogP contribution in [0.2, 0.25) is 0 Å². The molecule has 0 spiro atoms.